The van der Waals surface area contributed by atoms with Crippen molar-refractivity contribution in [2.45, 2.75) is 38.8 Å². The summed E-state index contributed by atoms with van der Waals surface area (Å²) >= 11 is 1.86. The minimum Gasteiger partial charge on any atom is -0.454 e. The average molecular weight is 413 g/mol. The Bertz CT molecular complexity index is 875. The topological polar surface area (TPSA) is 42.0 Å². The van der Waals surface area contributed by atoms with Gasteiger partial charge in [0, 0.05) is 36.0 Å². The van der Waals surface area contributed by atoms with Gasteiger partial charge >= 0.3 is 0 Å². The molecule has 0 amide bonds. The van der Waals surface area contributed by atoms with Gasteiger partial charge in [-0.15, -0.1) is 11.3 Å². The second kappa shape index (κ2) is 8.46. The largest absolute Gasteiger partial charge is 0.454 e. The van der Waals surface area contributed by atoms with Crippen LogP contribution in [0.3, 0.4) is 0 Å². The van der Waals surface area contributed by atoms with Crippen molar-refractivity contribution in [3.63, 3.8) is 0 Å². The predicted molar refractivity (Wildman–Crippen MR) is 114 cm³/mol. The predicted octanol–water partition coefficient (Wildman–Crippen LogP) is 4.17. The summed E-state index contributed by atoms with van der Waals surface area (Å²) in [6.45, 7) is 6.67. The highest BCUT2D eigenvalue weighted by Crippen LogP contribution is 2.34. The molecule has 3 aliphatic heterocycles. The molecule has 1 aromatic heterocycles. The van der Waals surface area contributed by atoms with Crippen LogP contribution in [0.4, 0.5) is 0 Å². The highest BCUT2D eigenvalue weighted by atomic mass is 32.1. The van der Waals surface area contributed by atoms with E-state index in [9.17, 15) is 4.79 Å². The Morgan fingerprint density at radius 1 is 1.00 bits per heavy atom. The SMILES string of the molecule is O=C(c1ccc2c(c1)OCO2)C1CCCN(Cc2cc(CN3CCCC3)cs2)C1. The van der Waals surface area contributed by atoms with E-state index in [1.54, 1.807) is 0 Å². The summed E-state index contributed by atoms with van der Waals surface area (Å²) in [4.78, 5) is 19.5. The molecular weight excluding hydrogens is 384 g/mol. The zero-order valence-electron chi connectivity index (χ0n) is 16.8. The number of fused-ring (bicyclic) bond motifs is 1. The number of carbonyl (C=O) groups excluding carboxylic acids is 1. The number of thiophene rings is 1. The maximum atomic E-state index is 13.1. The van der Waals surface area contributed by atoms with Crippen LogP contribution in [0.2, 0.25) is 0 Å². The van der Waals surface area contributed by atoms with Gasteiger partial charge in [0.15, 0.2) is 17.3 Å². The van der Waals surface area contributed by atoms with E-state index in [4.69, 9.17) is 9.47 Å². The van der Waals surface area contributed by atoms with Gasteiger partial charge in [0.1, 0.15) is 0 Å². The van der Waals surface area contributed by atoms with E-state index in [2.05, 4.69) is 21.2 Å². The van der Waals surface area contributed by atoms with Crippen LogP contribution in [0.15, 0.2) is 29.6 Å². The molecule has 0 aliphatic carbocycles. The summed E-state index contributed by atoms with van der Waals surface area (Å²) in [5.41, 5.74) is 2.18. The number of rotatable bonds is 6. The lowest BCUT2D eigenvalue weighted by Gasteiger charge is -2.31. The first-order valence-corrected chi connectivity index (χ1v) is 11.6. The smallest absolute Gasteiger partial charge is 0.231 e. The van der Waals surface area contributed by atoms with Gasteiger partial charge in [-0.05, 0) is 80.5 Å². The first-order chi connectivity index (χ1) is 14.2. The fourth-order valence-corrected chi connectivity index (χ4v) is 5.63. The van der Waals surface area contributed by atoms with Crippen LogP contribution in [-0.4, -0.2) is 48.6 Å². The second-order valence-electron chi connectivity index (χ2n) is 8.41. The van der Waals surface area contributed by atoms with Crippen molar-refractivity contribution in [1.29, 1.82) is 0 Å². The zero-order chi connectivity index (χ0) is 19.6. The molecule has 1 aromatic carbocycles. The summed E-state index contributed by atoms with van der Waals surface area (Å²) in [6, 6.07) is 7.93. The third-order valence-corrected chi connectivity index (χ3v) is 7.20. The molecule has 2 saturated heterocycles. The number of carbonyl (C=O) groups is 1. The zero-order valence-corrected chi connectivity index (χ0v) is 17.6. The molecule has 3 aliphatic rings. The van der Waals surface area contributed by atoms with E-state index in [1.807, 2.05) is 29.5 Å². The number of likely N-dealkylation sites (tertiary alicyclic amines) is 2. The van der Waals surface area contributed by atoms with Crippen LogP contribution in [0.25, 0.3) is 0 Å². The van der Waals surface area contributed by atoms with E-state index in [-0.39, 0.29) is 18.5 Å². The Morgan fingerprint density at radius 2 is 1.83 bits per heavy atom. The lowest BCUT2D eigenvalue weighted by atomic mass is 9.90. The first-order valence-electron chi connectivity index (χ1n) is 10.7. The molecule has 0 N–H and O–H groups in total. The molecule has 5 rings (SSSR count). The number of hydrogen-bond donors (Lipinski definition) is 0. The second-order valence-corrected chi connectivity index (χ2v) is 9.41. The summed E-state index contributed by atoms with van der Waals surface area (Å²) in [6.07, 6.45) is 4.72. The standard InChI is InChI=1S/C23H28N2O3S/c26-23(18-5-6-21-22(11-18)28-16-27-21)19-4-3-9-25(13-19)14-20-10-17(15-29-20)12-24-7-1-2-8-24/h5-6,10-11,15,19H,1-4,7-9,12-14,16H2. The average Bonchev–Trinajstić information content (AvgIpc) is 3.50. The molecule has 2 fully saturated rings. The number of ether oxygens (including phenoxy) is 2. The van der Waals surface area contributed by atoms with Crippen LogP contribution >= 0.6 is 11.3 Å². The van der Waals surface area contributed by atoms with Crippen molar-refractivity contribution in [3.05, 3.63) is 45.6 Å². The third-order valence-electron chi connectivity index (χ3n) is 6.23. The van der Waals surface area contributed by atoms with Gasteiger partial charge < -0.3 is 9.47 Å². The Labute approximate surface area is 176 Å². The van der Waals surface area contributed by atoms with Crippen LogP contribution < -0.4 is 9.47 Å². The molecule has 0 saturated carbocycles. The molecule has 6 heteroatoms. The van der Waals surface area contributed by atoms with Crippen LogP contribution in [0.1, 0.15) is 46.5 Å². The molecule has 0 bridgehead atoms. The van der Waals surface area contributed by atoms with E-state index in [1.165, 1.54) is 36.4 Å². The Kier molecular flexibility index (Phi) is 5.57. The Morgan fingerprint density at radius 3 is 2.72 bits per heavy atom. The van der Waals surface area contributed by atoms with Gasteiger partial charge in [0.2, 0.25) is 6.79 Å². The normalized spacial score (nSPS) is 22.3. The van der Waals surface area contributed by atoms with E-state index in [0.29, 0.717) is 5.75 Å². The van der Waals surface area contributed by atoms with Gasteiger partial charge in [-0.1, -0.05) is 0 Å². The van der Waals surface area contributed by atoms with Crippen LogP contribution in [-0.2, 0) is 13.1 Å². The Hall–Kier alpha value is -1.89. The summed E-state index contributed by atoms with van der Waals surface area (Å²) < 4.78 is 10.8. The van der Waals surface area contributed by atoms with Gasteiger partial charge in [0.25, 0.3) is 0 Å². The molecule has 5 nitrogen and oxygen atoms in total. The lowest BCUT2D eigenvalue weighted by Crippen LogP contribution is -2.38. The van der Waals surface area contributed by atoms with Crippen molar-refractivity contribution >= 4 is 17.1 Å². The minimum atomic E-state index is 0.0631. The number of ketones is 1. The monoisotopic (exact) mass is 412 g/mol. The molecular formula is C23H28N2O3S. The minimum absolute atomic E-state index is 0.0631. The van der Waals surface area contributed by atoms with E-state index in [0.717, 1.165) is 50.3 Å². The molecule has 1 unspecified atom stereocenters. The molecule has 0 spiro atoms. The number of piperidine rings is 1. The van der Waals surface area contributed by atoms with E-state index < -0.39 is 0 Å². The van der Waals surface area contributed by atoms with Crippen molar-refractivity contribution in [1.82, 2.24) is 9.80 Å². The fourth-order valence-electron chi connectivity index (χ4n) is 4.71. The molecule has 29 heavy (non-hydrogen) atoms. The maximum Gasteiger partial charge on any atom is 0.231 e. The number of Topliss-reactive ketones (excluding diaryl/α,β-unsaturated/α-hetero) is 1. The van der Waals surface area contributed by atoms with Gasteiger partial charge in [-0.2, -0.15) is 0 Å². The quantitative estimate of drug-likeness (QED) is 0.666. The van der Waals surface area contributed by atoms with Crippen LogP contribution in [0, 0.1) is 5.92 Å². The van der Waals surface area contributed by atoms with Crippen molar-refractivity contribution in [2.24, 2.45) is 5.92 Å². The number of nitrogens with zero attached hydrogens (tertiary/aromatic N) is 2. The maximum absolute atomic E-state index is 13.1. The summed E-state index contributed by atoms with van der Waals surface area (Å²) in [5.74, 6) is 1.71. The van der Waals surface area contributed by atoms with Crippen molar-refractivity contribution in [2.75, 3.05) is 33.0 Å². The Balaban J connectivity index is 1.19. The van der Waals surface area contributed by atoms with Crippen molar-refractivity contribution in [3.8, 4) is 11.5 Å². The summed E-state index contributed by atoms with van der Waals surface area (Å²) in [5, 5.41) is 2.31. The van der Waals surface area contributed by atoms with Crippen molar-refractivity contribution < 1.29 is 14.3 Å². The molecule has 1 atom stereocenters. The van der Waals surface area contributed by atoms with Gasteiger partial charge in [-0.25, -0.2) is 0 Å². The molecule has 154 valence electrons. The molecule has 0 radical (unpaired) electrons. The van der Waals surface area contributed by atoms with Gasteiger partial charge in [-0.3, -0.25) is 14.6 Å². The van der Waals surface area contributed by atoms with E-state index >= 15 is 0 Å². The molecule has 2 aromatic rings. The fraction of sp³-hybridized carbons (Fsp3) is 0.522. The number of hydrogen-bond acceptors (Lipinski definition) is 6. The number of benzene rings is 1. The third kappa shape index (κ3) is 4.34. The van der Waals surface area contributed by atoms with Gasteiger partial charge in [0.05, 0.1) is 0 Å². The van der Waals surface area contributed by atoms with Crippen LogP contribution in [0.5, 0.6) is 11.5 Å². The summed E-state index contributed by atoms with van der Waals surface area (Å²) in [7, 11) is 0. The lowest BCUT2D eigenvalue weighted by molar-refractivity contribution is 0.0812. The molecule has 4 heterocycles. The highest BCUT2D eigenvalue weighted by molar-refractivity contribution is 7.10. The highest BCUT2D eigenvalue weighted by Gasteiger charge is 2.28. The first kappa shape index (κ1) is 19.1.